The molecule has 164 valence electrons. The number of hydrogen-bond acceptors (Lipinski definition) is 4. The lowest BCUT2D eigenvalue weighted by molar-refractivity contribution is -0.148. The van der Waals surface area contributed by atoms with Gasteiger partial charge in [-0.15, -0.1) is 23.5 Å². The molecule has 4 aliphatic carbocycles. The van der Waals surface area contributed by atoms with Gasteiger partial charge in [0.05, 0.1) is 4.08 Å². The fourth-order valence-corrected chi connectivity index (χ4v) is 11.6. The normalized spacial score (nSPS) is 43.0. The summed E-state index contributed by atoms with van der Waals surface area (Å²) in [5, 5.41) is 0. The molecule has 0 aromatic rings. The van der Waals surface area contributed by atoms with Gasteiger partial charge in [0.25, 0.3) is 0 Å². The molecule has 4 heteroatoms. The lowest BCUT2D eigenvalue weighted by atomic mass is 9.48. The summed E-state index contributed by atoms with van der Waals surface area (Å²) in [6.45, 7) is 11.5. The lowest BCUT2D eigenvalue weighted by Crippen LogP contribution is -2.53. The number of carbonyl (C=O) groups is 1. The third-order valence-corrected chi connectivity index (χ3v) is 12.7. The molecule has 29 heavy (non-hydrogen) atoms. The number of carbonyl (C=O) groups excluding carboxylic acids is 1. The highest BCUT2D eigenvalue weighted by atomic mass is 32.2. The molecule has 0 spiro atoms. The summed E-state index contributed by atoms with van der Waals surface area (Å²) in [6, 6.07) is 0. The van der Waals surface area contributed by atoms with E-state index in [1.165, 1.54) is 50.0 Å². The molecule has 6 atom stereocenters. The van der Waals surface area contributed by atoms with E-state index in [4.69, 9.17) is 4.74 Å². The Kier molecular flexibility index (Phi) is 6.19. The molecule has 0 aliphatic heterocycles. The van der Waals surface area contributed by atoms with Crippen LogP contribution in [0.25, 0.3) is 0 Å². The maximum atomic E-state index is 11.5. The molecule has 0 radical (unpaired) electrons. The van der Waals surface area contributed by atoms with Gasteiger partial charge in [-0.1, -0.05) is 39.3 Å². The minimum atomic E-state index is -0.120. The average molecular weight is 437 g/mol. The van der Waals surface area contributed by atoms with Gasteiger partial charge in [-0.25, -0.2) is 0 Å². The van der Waals surface area contributed by atoms with Gasteiger partial charge in [-0.05, 0) is 85.0 Å². The molecule has 3 saturated carbocycles. The molecular formula is C25H40O2S2. The second-order valence-corrected chi connectivity index (χ2v) is 13.7. The summed E-state index contributed by atoms with van der Waals surface area (Å²) in [5.41, 5.74) is 2.42. The number of thioether (sulfide) groups is 2. The van der Waals surface area contributed by atoms with Crippen molar-refractivity contribution in [2.75, 3.05) is 11.5 Å². The van der Waals surface area contributed by atoms with Gasteiger partial charge in [0.1, 0.15) is 6.10 Å². The number of rotatable bonds is 5. The molecule has 4 aliphatic rings. The molecule has 0 unspecified atom stereocenters. The third-order valence-electron chi connectivity index (χ3n) is 9.19. The van der Waals surface area contributed by atoms with E-state index in [9.17, 15) is 4.79 Å². The second kappa shape index (κ2) is 8.11. The van der Waals surface area contributed by atoms with Crippen molar-refractivity contribution in [3.63, 3.8) is 0 Å². The van der Waals surface area contributed by atoms with Crippen LogP contribution in [0.15, 0.2) is 11.6 Å². The van der Waals surface area contributed by atoms with Crippen molar-refractivity contribution in [3.8, 4) is 0 Å². The number of ether oxygens (including phenoxy) is 1. The van der Waals surface area contributed by atoms with Crippen LogP contribution in [0, 0.1) is 28.6 Å². The summed E-state index contributed by atoms with van der Waals surface area (Å²) in [4.78, 5) is 11.5. The first-order valence-corrected chi connectivity index (χ1v) is 13.9. The van der Waals surface area contributed by atoms with Gasteiger partial charge in [0, 0.05) is 13.3 Å². The van der Waals surface area contributed by atoms with E-state index < -0.39 is 0 Å². The maximum absolute atomic E-state index is 11.5. The van der Waals surface area contributed by atoms with Gasteiger partial charge in [0.2, 0.25) is 0 Å². The SMILES string of the molecule is CCSC1(SCC)CC[C@H]2[C@@H]3CC=C4C[C@H](OC(C)=O)CC[C@]4(C)[C@H]3CC[C@@]21C. The van der Waals surface area contributed by atoms with Crippen LogP contribution in [0.1, 0.15) is 86.0 Å². The van der Waals surface area contributed by atoms with Crippen molar-refractivity contribution < 1.29 is 9.53 Å². The molecule has 4 rings (SSSR count). The minimum absolute atomic E-state index is 0.110. The van der Waals surface area contributed by atoms with Crippen LogP contribution in [0.3, 0.4) is 0 Å². The van der Waals surface area contributed by atoms with Crippen LogP contribution in [0.5, 0.6) is 0 Å². The van der Waals surface area contributed by atoms with Crippen molar-refractivity contribution in [1.29, 1.82) is 0 Å². The van der Waals surface area contributed by atoms with Crippen LogP contribution >= 0.6 is 23.5 Å². The van der Waals surface area contributed by atoms with Crippen LogP contribution in [0.4, 0.5) is 0 Å². The summed E-state index contributed by atoms with van der Waals surface area (Å²) >= 11 is 4.52. The van der Waals surface area contributed by atoms with E-state index in [0.29, 0.717) is 14.9 Å². The summed E-state index contributed by atoms with van der Waals surface area (Å²) in [6.07, 6.45) is 12.8. The second-order valence-electron chi connectivity index (χ2n) is 10.3. The van der Waals surface area contributed by atoms with Crippen molar-refractivity contribution in [2.24, 2.45) is 28.6 Å². The first-order chi connectivity index (χ1) is 13.8. The fraction of sp³-hybridized carbons (Fsp3) is 0.880. The third kappa shape index (κ3) is 3.43. The molecule has 0 amide bonds. The van der Waals surface area contributed by atoms with Crippen molar-refractivity contribution in [1.82, 2.24) is 0 Å². The first-order valence-electron chi connectivity index (χ1n) is 11.9. The largest absolute Gasteiger partial charge is 0.462 e. The Morgan fingerprint density at radius 3 is 2.41 bits per heavy atom. The monoisotopic (exact) mass is 436 g/mol. The Balaban J connectivity index is 1.59. The molecule has 0 saturated heterocycles. The summed E-state index contributed by atoms with van der Waals surface area (Å²) in [5.74, 6) is 4.91. The molecule has 0 aromatic carbocycles. The van der Waals surface area contributed by atoms with Crippen molar-refractivity contribution in [3.05, 3.63) is 11.6 Å². The predicted molar refractivity (Wildman–Crippen MR) is 126 cm³/mol. The maximum Gasteiger partial charge on any atom is 0.302 e. The Labute approximate surface area is 186 Å². The molecule has 0 bridgehead atoms. The van der Waals surface area contributed by atoms with E-state index in [1.54, 1.807) is 12.5 Å². The van der Waals surface area contributed by atoms with Crippen LogP contribution < -0.4 is 0 Å². The standard InChI is InChI=1S/C25H40O2S2/c1-6-28-25(29-7-2)15-12-22-20-9-8-18-16-19(27-17(3)26)10-13-23(18,4)21(20)11-14-24(22,25)5/h8,19-22H,6-7,9-16H2,1-5H3/t19-,20-,21+,22+,23+,24+/m1/s1. The van der Waals surface area contributed by atoms with Gasteiger partial charge < -0.3 is 4.74 Å². The average Bonchev–Trinajstić information content (AvgIpc) is 2.95. The molecule has 3 fully saturated rings. The van der Waals surface area contributed by atoms with Crippen LogP contribution in [0.2, 0.25) is 0 Å². The molecule has 0 aromatic heterocycles. The van der Waals surface area contributed by atoms with Gasteiger partial charge in [-0.2, -0.15) is 0 Å². The number of fused-ring (bicyclic) bond motifs is 5. The number of allylic oxidation sites excluding steroid dienone is 1. The zero-order valence-corrected chi connectivity index (χ0v) is 20.7. The van der Waals surface area contributed by atoms with Gasteiger partial charge >= 0.3 is 5.97 Å². The highest BCUT2D eigenvalue weighted by Crippen LogP contribution is 2.72. The van der Waals surface area contributed by atoms with E-state index in [0.717, 1.165) is 30.6 Å². The van der Waals surface area contributed by atoms with E-state index in [1.807, 2.05) is 0 Å². The van der Waals surface area contributed by atoms with E-state index >= 15 is 0 Å². The lowest BCUT2D eigenvalue weighted by Gasteiger charge is -2.59. The zero-order chi connectivity index (χ0) is 20.9. The zero-order valence-electron chi connectivity index (χ0n) is 19.1. The Bertz CT molecular complexity index is 668. The first kappa shape index (κ1) is 22.1. The van der Waals surface area contributed by atoms with E-state index in [2.05, 4.69) is 57.3 Å². The van der Waals surface area contributed by atoms with E-state index in [-0.39, 0.29) is 12.1 Å². The van der Waals surface area contributed by atoms with Crippen LogP contribution in [-0.4, -0.2) is 27.7 Å². The Hall–Kier alpha value is -0.0900. The topological polar surface area (TPSA) is 26.3 Å². The number of hydrogen-bond donors (Lipinski definition) is 0. The van der Waals surface area contributed by atoms with Crippen molar-refractivity contribution in [2.45, 2.75) is 96.2 Å². The highest BCUT2D eigenvalue weighted by Gasteiger charge is 2.64. The predicted octanol–water partition coefficient (Wildman–Crippen LogP) is 7.08. The number of esters is 1. The Morgan fingerprint density at radius 2 is 1.76 bits per heavy atom. The quantitative estimate of drug-likeness (QED) is 0.261. The highest BCUT2D eigenvalue weighted by molar-refractivity contribution is 8.18. The Morgan fingerprint density at radius 1 is 1.07 bits per heavy atom. The fourth-order valence-electron chi connectivity index (χ4n) is 7.90. The molecular weight excluding hydrogens is 396 g/mol. The van der Waals surface area contributed by atoms with Gasteiger partial charge in [-0.3, -0.25) is 4.79 Å². The van der Waals surface area contributed by atoms with Gasteiger partial charge in [0.15, 0.2) is 0 Å². The molecule has 0 heterocycles. The summed E-state index contributed by atoms with van der Waals surface area (Å²) < 4.78 is 6.04. The smallest absolute Gasteiger partial charge is 0.302 e. The molecule has 0 N–H and O–H groups in total. The summed E-state index contributed by atoms with van der Waals surface area (Å²) in [7, 11) is 0. The molecule has 2 nitrogen and oxygen atoms in total. The minimum Gasteiger partial charge on any atom is -0.462 e. The van der Waals surface area contributed by atoms with Crippen molar-refractivity contribution >= 4 is 29.5 Å². The van der Waals surface area contributed by atoms with Crippen LogP contribution in [-0.2, 0) is 9.53 Å².